The van der Waals surface area contributed by atoms with Crippen LogP contribution in [0.25, 0.3) is 11.1 Å². The van der Waals surface area contributed by atoms with E-state index in [1.54, 1.807) is 29.5 Å². The van der Waals surface area contributed by atoms with Gasteiger partial charge in [0, 0.05) is 11.4 Å². The first-order chi connectivity index (χ1) is 10.2. The lowest BCUT2D eigenvalue weighted by Crippen LogP contribution is -1.99. The van der Waals surface area contributed by atoms with Crippen molar-refractivity contribution in [3.8, 4) is 11.1 Å². The Morgan fingerprint density at radius 3 is 2.62 bits per heavy atom. The monoisotopic (exact) mass is 317 g/mol. The van der Waals surface area contributed by atoms with E-state index in [1.807, 2.05) is 18.2 Å². The second-order valence-electron chi connectivity index (χ2n) is 4.62. The Morgan fingerprint density at radius 2 is 1.81 bits per heavy atom. The third-order valence-electron chi connectivity index (χ3n) is 3.17. The Hall–Kier alpha value is -1.84. The molecule has 0 radical (unpaired) electrons. The molecule has 4 heteroatoms. The molecule has 1 aromatic heterocycles. The summed E-state index contributed by atoms with van der Waals surface area (Å²) in [5.41, 5.74) is 2.80. The van der Waals surface area contributed by atoms with Gasteiger partial charge in [0.05, 0.1) is 10.7 Å². The Kier molecular flexibility index (Phi) is 4.23. The van der Waals surface area contributed by atoms with E-state index < -0.39 is 5.82 Å². The number of hydrogen-bond donors (Lipinski definition) is 1. The molecule has 0 saturated carbocycles. The maximum atomic E-state index is 13.8. The van der Waals surface area contributed by atoms with E-state index in [4.69, 9.17) is 11.6 Å². The van der Waals surface area contributed by atoms with Gasteiger partial charge in [-0.25, -0.2) is 4.39 Å². The smallest absolute Gasteiger partial charge is 0.164 e. The molecule has 3 rings (SSSR count). The van der Waals surface area contributed by atoms with E-state index in [-0.39, 0.29) is 5.02 Å². The minimum absolute atomic E-state index is 0.135. The maximum absolute atomic E-state index is 13.8. The molecule has 0 bridgehead atoms. The number of anilines is 1. The molecule has 1 heterocycles. The SMILES string of the molecule is Fc1c(Cl)cccc1NCc1cc(-c2ccccc2)cs1. The lowest BCUT2D eigenvalue weighted by atomic mass is 10.1. The number of rotatable bonds is 4. The number of hydrogen-bond acceptors (Lipinski definition) is 2. The van der Waals surface area contributed by atoms with Crippen molar-refractivity contribution in [3.05, 3.63) is 75.7 Å². The molecular weight excluding hydrogens is 305 g/mol. The van der Waals surface area contributed by atoms with Crippen LogP contribution in [0.4, 0.5) is 10.1 Å². The summed E-state index contributed by atoms with van der Waals surface area (Å²) in [5.74, 6) is -0.404. The lowest BCUT2D eigenvalue weighted by molar-refractivity contribution is 0.630. The molecule has 0 fully saturated rings. The van der Waals surface area contributed by atoms with Crippen LogP contribution in [0.1, 0.15) is 4.88 Å². The van der Waals surface area contributed by atoms with Crippen molar-refractivity contribution < 1.29 is 4.39 Å². The van der Waals surface area contributed by atoms with Gasteiger partial charge in [0.25, 0.3) is 0 Å². The van der Waals surface area contributed by atoms with Crippen molar-refractivity contribution >= 4 is 28.6 Å². The Balaban J connectivity index is 1.72. The standard InChI is InChI=1S/C17H13ClFNS/c18-15-7-4-8-16(17(15)19)20-10-14-9-13(11-21-14)12-5-2-1-3-6-12/h1-9,11,20H,10H2. The number of halogens is 2. The number of thiophene rings is 1. The normalized spacial score (nSPS) is 10.6. The van der Waals surface area contributed by atoms with E-state index in [2.05, 4.69) is 28.9 Å². The molecule has 0 aliphatic heterocycles. The zero-order valence-corrected chi connectivity index (χ0v) is 12.7. The van der Waals surface area contributed by atoms with Crippen LogP contribution in [0.15, 0.2) is 60.0 Å². The quantitative estimate of drug-likeness (QED) is 0.639. The number of nitrogens with one attached hydrogen (secondary N) is 1. The predicted molar refractivity (Wildman–Crippen MR) is 88.5 cm³/mol. The molecular formula is C17H13ClFNS. The third-order valence-corrected chi connectivity index (χ3v) is 4.39. The van der Waals surface area contributed by atoms with Crippen molar-refractivity contribution in [2.75, 3.05) is 5.32 Å². The summed E-state index contributed by atoms with van der Waals surface area (Å²) in [7, 11) is 0. The molecule has 1 nitrogen and oxygen atoms in total. The van der Waals surface area contributed by atoms with E-state index in [9.17, 15) is 4.39 Å². The van der Waals surface area contributed by atoms with Crippen LogP contribution in [0.2, 0.25) is 5.02 Å². The van der Waals surface area contributed by atoms with Crippen molar-refractivity contribution in [3.63, 3.8) is 0 Å². The predicted octanol–water partition coefficient (Wildman–Crippen LogP) is 5.82. The zero-order valence-electron chi connectivity index (χ0n) is 11.1. The molecule has 1 N–H and O–H groups in total. The van der Waals surface area contributed by atoms with Gasteiger partial charge in [0.15, 0.2) is 5.82 Å². The molecule has 0 amide bonds. The van der Waals surface area contributed by atoms with Crippen molar-refractivity contribution in [1.29, 1.82) is 0 Å². The molecule has 0 atom stereocenters. The molecule has 0 unspecified atom stereocenters. The highest BCUT2D eigenvalue weighted by atomic mass is 35.5. The Labute approximate surface area is 132 Å². The first kappa shape index (κ1) is 14.1. The minimum atomic E-state index is -0.404. The average Bonchev–Trinajstić information content (AvgIpc) is 2.99. The summed E-state index contributed by atoms with van der Waals surface area (Å²) < 4.78 is 13.8. The summed E-state index contributed by atoms with van der Waals surface area (Å²) in [5, 5.41) is 5.33. The highest BCUT2D eigenvalue weighted by Crippen LogP contribution is 2.27. The minimum Gasteiger partial charge on any atom is -0.378 e. The third kappa shape index (κ3) is 3.26. The second kappa shape index (κ2) is 6.29. The Bertz CT molecular complexity index is 740. The largest absolute Gasteiger partial charge is 0.378 e. The van der Waals surface area contributed by atoms with Crippen molar-refractivity contribution in [2.45, 2.75) is 6.54 Å². The summed E-state index contributed by atoms with van der Waals surface area (Å²) in [6.45, 7) is 0.578. The van der Waals surface area contributed by atoms with Crippen molar-refractivity contribution in [1.82, 2.24) is 0 Å². The fourth-order valence-corrected chi connectivity index (χ4v) is 3.09. The van der Waals surface area contributed by atoms with Crippen LogP contribution in [-0.2, 0) is 6.54 Å². The average molecular weight is 318 g/mol. The van der Waals surface area contributed by atoms with Gasteiger partial charge in [-0.1, -0.05) is 48.0 Å². The summed E-state index contributed by atoms with van der Waals surface area (Å²) in [6.07, 6.45) is 0. The van der Waals surface area contributed by atoms with Gasteiger partial charge in [0.2, 0.25) is 0 Å². The Morgan fingerprint density at radius 1 is 1.00 bits per heavy atom. The fourth-order valence-electron chi connectivity index (χ4n) is 2.08. The summed E-state index contributed by atoms with van der Waals surface area (Å²) in [4.78, 5) is 1.15. The topological polar surface area (TPSA) is 12.0 Å². The van der Waals surface area contributed by atoms with Gasteiger partial charge in [-0.3, -0.25) is 0 Å². The van der Waals surface area contributed by atoms with Crippen LogP contribution in [0.5, 0.6) is 0 Å². The molecule has 106 valence electrons. The van der Waals surface area contributed by atoms with Crippen LogP contribution >= 0.6 is 22.9 Å². The molecule has 0 spiro atoms. The molecule has 21 heavy (non-hydrogen) atoms. The summed E-state index contributed by atoms with van der Waals surface area (Å²) in [6, 6.07) is 17.3. The summed E-state index contributed by atoms with van der Waals surface area (Å²) >= 11 is 7.42. The fraction of sp³-hybridized carbons (Fsp3) is 0.0588. The van der Waals surface area contributed by atoms with Gasteiger partial charge in [-0.2, -0.15) is 0 Å². The van der Waals surface area contributed by atoms with Gasteiger partial charge in [-0.05, 0) is 34.7 Å². The second-order valence-corrected chi connectivity index (χ2v) is 6.03. The first-order valence-corrected chi connectivity index (χ1v) is 7.80. The lowest BCUT2D eigenvalue weighted by Gasteiger charge is -2.06. The van der Waals surface area contributed by atoms with Gasteiger partial charge in [0.1, 0.15) is 0 Å². The molecule has 0 aliphatic rings. The van der Waals surface area contributed by atoms with Crippen molar-refractivity contribution in [2.24, 2.45) is 0 Å². The van der Waals surface area contributed by atoms with Gasteiger partial charge >= 0.3 is 0 Å². The van der Waals surface area contributed by atoms with E-state index in [0.717, 1.165) is 4.88 Å². The molecule has 2 aromatic carbocycles. The molecule has 0 saturated heterocycles. The van der Waals surface area contributed by atoms with E-state index >= 15 is 0 Å². The maximum Gasteiger partial charge on any atom is 0.164 e. The first-order valence-electron chi connectivity index (χ1n) is 6.55. The molecule has 3 aromatic rings. The van der Waals surface area contributed by atoms with Gasteiger partial charge < -0.3 is 5.32 Å². The van der Waals surface area contributed by atoms with Crippen LogP contribution < -0.4 is 5.32 Å². The van der Waals surface area contributed by atoms with Crippen LogP contribution in [0, 0.1) is 5.82 Å². The van der Waals surface area contributed by atoms with Crippen LogP contribution in [-0.4, -0.2) is 0 Å². The molecule has 0 aliphatic carbocycles. The van der Waals surface area contributed by atoms with E-state index in [1.165, 1.54) is 11.1 Å². The highest BCUT2D eigenvalue weighted by molar-refractivity contribution is 7.10. The van der Waals surface area contributed by atoms with E-state index in [0.29, 0.717) is 12.2 Å². The van der Waals surface area contributed by atoms with Crippen LogP contribution in [0.3, 0.4) is 0 Å². The highest BCUT2D eigenvalue weighted by Gasteiger charge is 2.07. The number of benzene rings is 2. The zero-order chi connectivity index (χ0) is 14.7. The van der Waals surface area contributed by atoms with Gasteiger partial charge in [-0.15, -0.1) is 11.3 Å².